The molecule has 1 aromatic carbocycles. The van der Waals surface area contributed by atoms with E-state index in [4.69, 9.17) is 5.11 Å². The van der Waals surface area contributed by atoms with Crippen molar-refractivity contribution in [2.24, 2.45) is 5.92 Å². The van der Waals surface area contributed by atoms with Gasteiger partial charge in [-0.05, 0) is 43.5 Å². The SMILES string of the molecule is CN(Cc1ccc(C#CCO)cc1)CC1CCCC1. The Morgan fingerprint density at radius 2 is 1.89 bits per heavy atom. The molecule has 0 aromatic heterocycles. The summed E-state index contributed by atoms with van der Waals surface area (Å²) in [5.41, 5.74) is 2.30. The molecule has 1 aliphatic rings. The van der Waals surface area contributed by atoms with E-state index in [1.54, 1.807) is 0 Å². The zero-order chi connectivity index (χ0) is 13.5. The molecule has 1 saturated carbocycles. The number of rotatable bonds is 4. The van der Waals surface area contributed by atoms with Crippen molar-refractivity contribution in [3.8, 4) is 11.8 Å². The van der Waals surface area contributed by atoms with Crippen LogP contribution in [0.1, 0.15) is 36.8 Å². The van der Waals surface area contributed by atoms with E-state index in [0.29, 0.717) is 0 Å². The van der Waals surface area contributed by atoms with E-state index in [9.17, 15) is 0 Å². The van der Waals surface area contributed by atoms with Crippen LogP contribution >= 0.6 is 0 Å². The highest BCUT2D eigenvalue weighted by molar-refractivity contribution is 5.36. The van der Waals surface area contributed by atoms with Crippen LogP contribution in [0.15, 0.2) is 24.3 Å². The van der Waals surface area contributed by atoms with Crippen LogP contribution in [0.2, 0.25) is 0 Å². The van der Waals surface area contributed by atoms with Crippen molar-refractivity contribution in [3.63, 3.8) is 0 Å². The maximum Gasteiger partial charge on any atom is 0.104 e. The molecule has 0 spiro atoms. The van der Waals surface area contributed by atoms with Crippen molar-refractivity contribution in [2.45, 2.75) is 32.2 Å². The third-order valence-electron chi connectivity index (χ3n) is 3.76. The predicted octanol–water partition coefficient (Wildman–Crippen LogP) is 2.65. The van der Waals surface area contributed by atoms with Gasteiger partial charge in [0.2, 0.25) is 0 Å². The minimum Gasteiger partial charge on any atom is -0.384 e. The van der Waals surface area contributed by atoms with Gasteiger partial charge in [-0.2, -0.15) is 0 Å². The smallest absolute Gasteiger partial charge is 0.104 e. The number of hydrogen-bond donors (Lipinski definition) is 1. The number of benzene rings is 1. The molecular weight excluding hydrogens is 234 g/mol. The van der Waals surface area contributed by atoms with Gasteiger partial charge in [0.25, 0.3) is 0 Å². The molecule has 2 heteroatoms. The average Bonchev–Trinajstić information content (AvgIpc) is 2.90. The number of aliphatic hydroxyl groups excluding tert-OH is 1. The highest BCUT2D eigenvalue weighted by atomic mass is 16.2. The third kappa shape index (κ3) is 4.70. The zero-order valence-corrected chi connectivity index (χ0v) is 11.7. The average molecular weight is 257 g/mol. The molecule has 0 aliphatic heterocycles. The Morgan fingerprint density at radius 3 is 2.53 bits per heavy atom. The summed E-state index contributed by atoms with van der Waals surface area (Å²) < 4.78 is 0. The lowest BCUT2D eigenvalue weighted by Crippen LogP contribution is -2.24. The standard InChI is InChI=1S/C17H23NO/c1-18(13-16-5-2-3-6-16)14-17-10-8-15(9-11-17)7-4-12-19/h8-11,16,19H,2-3,5-6,12-14H2,1H3. The Bertz CT molecular complexity index is 435. The molecule has 2 rings (SSSR count). The number of hydrogen-bond acceptors (Lipinski definition) is 2. The summed E-state index contributed by atoms with van der Waals surface area (Å²) in [4.78, 5) is 2.42. The van der Waals surface area contributed by atoms with E-state index in [1.165, 1.54) is 37.8 Å². The Balaban J connectivity index is 1.84. The lowest BCUT2D eigenvalue weighted by Gasteiger charge is -2.20. The molecule has 1 fully saturated rings. The molecule has 1 aliphatic carbocycles. The van der Waals surface area contributed by atoms with Gasteiger partial charge in [-0.15, -0.1) is 0 Å². The molecule has 0 heterocycles. The molecule has 1 aromatic rings. The molecular formula is C17H23NO. The van der Waals surface area contributed by atoms with Gasteiger partial charge >= 0.3 is 0 Å². The molecule has 0 bridgehead atoms. The first-order valence-electron chi connectivity index (χ1n) is 7.15. The molecule has 0 saturated heterocycles. The maximum atomic E-state index is 8.66. The Hall–Kier alpha value is -1.30. The fourth-order valence-corrected chi connectivity index (χ4v) is 2.85. The summed E-state index contributed by atoms with van der Waals surface area (Å²) in [5, 5.41) is 8.66. The van der Waals surface area contributed by atoms with Crippen molar-refractivity contribution in [2.75, 3.05) is 20.2 Å². The lowest BCUT2D eigenvalue weighted by molar-refractivity contribution is 0.271. The van der Waals surface area contributed by atoms with Crippen LogP contribution in [-0.2, 0) is 6.54 Å². The van der Waals surface area contributed by atoms with E-state index in [-0.39, 0.29) is 6.61 Å². The largest absolute Gasteiger partial charge is 0.384 e. The molecule has 1 N–H and O–H groups in total. The zero-order valence-electron chi connectivity index (χ0n) is 11.7. The molecule has 102 valence electrons. The van der Waals surface area contributed by atoms with Crippen LogP contribution in [0.25, 0.3) is 0 Å². The van der Waals surface area contributed by atoms with Gasteiger partial charge in [-0.3, -0.25) is 0 Å². The van der Waals surface area contributed by atoms with Gasteiger partial charge in [0.15, 0.2) is 0 Å². The van der Waals surface area contributed by atoms with Crippen LogP contribution < -0.4 is 0 Å². The maximum absolute atomic E-state index is 8.66. The van der Waals surface area contributed by atoms with E-state index >= 15 is 0 Å². The number of aliphatic hydroxyl groups is 1. The Morgan fingerprint density at radius 1 is 1.21 bits per heavy atom. The van der Waals surface area contributed by atoms with Crippen molar-refractivity contribution in [1.82, 2.24) is 4.90 Å². The minimum absolute atomic E-state index is 0.0775. The van der Waals surface area contributed by atoms with Crippen LogP contribution in [0.4, 0.5) is 0 Å². The fraction of sp³-hybridized carbons (Fsp3) is 0.529. The van der Waals surface area contributed by atoms with Crippen LogP contribution in [0.3, 0.4) is 0 Å². The van der Waals surface area contributed by atoms with Crippen molar-refractivity contribution < 1.29 is 5.11 Å². The van der Waals surface area contributed by atoms with E-state index < -0.39 is 0 Å². The summed E-state index contributed by atoms with van der Waals surface area (Å²) in [6.07, 6.45) is 5.63. The Labute approximate surface area is 116 Å². The normalized spacial score (nSPS) is 15.5. The highest BCUT2D eigenvalue weighted by Gasteiger charge is 2.16. The summed E-state index contributed by atoms with van der Waals surface area (Å²) in [6.45, 7) is 2.14. The fourth-order valence-electron chi connectivity index (χ4n) is 2.85. The molecule has 0 amide bonds. The Kier molecular flexibility index (Phi) is 5.44. The van der Waals surface area contributed by atoms with Crippen molar-refractivity contribution >= 4 is 0 Å². The van der Waals surface area contributed by atoms with E-state index in [0.717, 1.165) is 18.0 Å². The van der Waals surface area contributed by atoms with Gasteiger partial charge in [0.05, 0.1) is 0 Å². The van der Waals surface area contributed by atoms with Crippen molar-refractivity contribution in [1.29, 1.82) is 0 Å². The second kappa shape index (κ2) is 7.33. The van der Waals surface area contributed by atoms with Gasteiger partial charge in [0, 0.05) is 18.7 Å². The van der Waals surface area contributed by atoms with Gasteiger partial charge in [0.1, 0.15) is 6.61 Å². The van der Waals surface area contributed by atoms with Gasteiger partial charge < -0.3 is 10.0 Å². The topological polar surface area (TPSA) is 23.5 Å². The lowest BCUT2D eigenvalue weighted by atomic mass is 10.1. The number of nitrogens with zero attached hydrogens (tertiary/aromatic N) is 1. The first-order chi connectivity index (χ1) is 9.28. The summed E-state index contributed by atoms with van der Waals surface area (Å²) in [6, 6.07) is 8.32. The second-order valence-electron chi connectivity index (χ2n) is 5.50. The summed E-state index contributed by atoms with van der Waals surface area (Å²) in [5.74, 6) is 6.49. The van der Waals surface area contributed by atoms with E-state index in [1.807, 2.05) is 12.1 Å². The summed E-state index contributed by atoms with van der Waals surface area (Å²) >= 11 is 0. The molecule has 19 heavy (non-hydrogen) atoms. The van der Waals surface area contributed by atoms with Crippen LogP contribution in [-0.4, -0.2) is 30.2 Å². The second-order valence-corrected chi connectivity index (χ2v) is 5.50. The van der Waals surface area contributed by atoms with E-state index in [2.05, 4.69) is 35.9 Å². The molecule has 0 unspecified atom stereocenters. The van der Waals surface area contributed by atoms with Gasteiger partial charge in [-0.25, -0.2) is 0 Å². The molecule has 0 radical (unpaired) electrons. The van der Waals surface area contributed by atoms with Crippen LogP contribution in [0, 0.1) is 17.8 Å². The van der Waals surface area contributed by atoms with Crippen molar-refractivity contribution in [3.05, 3.63) is 35.4 Å². The first kappa shape index (κ1) is 14.1. The quantitative estimate of drug-likeness (QED) is 0.838. The van der Waals surface area contributed by atoms with Gasteiger partial charge in [-0.1, -0.05) is 36.8 Å². The molecule has 0 atom stereocenters. The predicted molar refractivity (Wildman–Crippen MR) is 78.7 cm³/mol. The highest BCUT2D eigenvalue weighted by Crippen LogP contribution is 2.25. The minimum atomic E-state index is -0.0775. The monoisotopic (exact) mass is 257 g/mol. The van der Waals surface area contributed by atoms with Crippen LogP contribution in [0.5, 0.6) is 0 Å². The third-order valence-corrected chi connectivity index (χ3v) is 3.76. The molecule has 2 nitrogen and oxygen atoms in total. The first-order valence-corrected chi connectivity index (χ1v) is 7.15. The summed E-state index contributed by atoms with van der Waals surface area (Å²) in [7, 11) is 2.21.